The highest BCUT2D eigenvalue weighted by Gasteiger charge is 2.24. The first-order valence-electron chi connectivity index (χ1n) is 7.61. The Morgan fingerprint density at radius 1 is 1.17 bits per heavy atom. The molecule has 1 amide bonds. The zero-order valence-corrected chi connectivity index (χ0v) is 13.3. The molecular weight excluding hydrogens is 296 g/mol. The molecule has 0 spiro atoms. The van der Waals surface area contributed by atoms with Crippen LogP contribution in [0.3, 0.4) is 0 Å². The second-order valence-corrected chi connectivity index (χ2v) is 5.64. The van der Waals surface area contributed by atoms with Crippen LogP contribution in [-0.4, -0.2) is 75.2 Å². The molecule has 0 N–H and O–H groups in total. The van der Waals surface area contributed by atoms with Gasteiger partial charge in [0.2, 0.25) is 0 Å². The molecule has 1 aromatic heterocycles. The number of rotatable bonds is 4. The second-order valence-electron chi connectivity index (χ2n) is 5.64. The van der Waals surface area contributed by atoms with Crippen LogP contribution < -0.4 is 4.74 Å². The molecule has 3 rings (SSSR count). The number of aromatic nitrogens is 4. The van der Waals surface area contributed by atoms with Crippen molar-refractivity contribution in [3.63, 3.8) is 0 Å². The molecule has 0 saturated carbocycles. The molecule has 1 aliphatic heterocycles. The molecule has 1 aliphatic rings. The lowest BCUT2D eigenvalue weighted by Crippen LogP contribution is -2.50. The van der Waals surface area contributed by atoms with Gasteiger partial charge in [0.15, 0.2) is 6.10 Å². The summed E-state index contributed by atoms with van der Waals surface area (Å²) in [6, 6.07) is 7.31. The molecule has 8 heteroatoms. The molecule has 23 heavy (non-hydrogen) atoms. The third-order valence-corrected chi connectivity index (χ3v) is 3.93. The lowest BCUT2D eigenvalue weighted by Gasteiger charge is -2.33. The highest BCUT2D eigenvalue weighted by Crippen LogP contribution is 2.16. The summed E-state index contributed by atoms with van der Waals surface area (Å²) in [7, 11) is 2.06. The molecule has 0 bridgehead atoms. The standard InChI is InChI=1S/C15H20N6O2/c1-12(15(22)20-9-7-19(2)8-10-20)23-14-5-3-13(4-6-14)21-11-16-17-18-21/h3-6,11-12H,7-10H2,1-2H3/t12-/m1/s1. The zero-order chi connectivity index (χ0) is 16.2. The summed E-state index contributed by atoms with van der Waals surface area (Å²) in [5.74, 6) is 0.680. The second kappa shape index (κ2) is 6.74. The number of carbonyl (C=O) groups excluding carboxylic acids is 1. The zero-order valence-electron chi connectivity index (χ0n) is 13.3. The Balaban J connectivity index is 1.59. The van der Waals surface area contributed by atoms with Crippen LogP contribution in [0, 0.1) is 0 Å². The van der Waals surface area contributed by atoms with Gasteiger partial charge in [0.1, 0.15) is 12.1 Å². The molecule has 122 valence electrons. The van der Waals surface area contributed by atoms with Crippen molar-refractivity contribution in [2.75, 3.05) is 33.2 Å². The number of tetrazole rings is 1. The van der Waals surface area contributed by atoms with Crippen LogP contribution in [0.15, 0.2) is 30.6 Å². The first-order chi connectivity index (χ1) is 11.1. The van der Waals surface area contributed by atoms with E-state index in [2.05, 4.69) is 27.5 Å². The number of hydrogen-bond acceptors (Lipinski definition) is 6. The smallest absolute Gasteiger partial charge is 0.263 e. The normalized spacial score (nSPS) is 17.0. The predicted octanol–water partition coefficient (Wildman–Crippen LogP) is 0.204. The summed E-state index contributed by atoms with van der Waals surface area (Å²) in [5, 5.41) is 11.0. The van der Waals surface area contributed by atoms with E-state index in [4.69, 9.17) is 4.74 Å². The number of hydrogen-bond donors (Lipinski definition) is 0. The molecule has 2 heterocycles. The Hall–Kier alpha value is -2.48. The Bertz CT molecular complexity index is 634. The molecular formula is C15H20N6O2. The Kier molecular flexibility index (Phi) is 4.52. The van der Waals surface area contributed by atoms with Crippen molar-refractivity contribution in [3.8, 4) is 11.4 Å². The third-order valence-electron chi connectivity index (χ3n) is 3.93. The van der Waals surface area contributed by atoms with E-state index in [0.717, 1.165) is 31.9 Å². The maximum Gasteiger partial charge on any atom is 0.263 e. The van der Waals surface area contributed by atoms with Crippen molar-refractivity contribution in [1.82, 2.24) is 30.0 Å². The van der Waals surface area contributed by atoms with Crippen molar-refractivity contribution in [2.45, 2.75) is 13.0 Å². The van der Waals surface area contributed by atoms with Crippen LogP contribution in [-0.2, 0) is 4.79 Å². The van der Waals surface area contributed by atoms with Crippen LogP contribution in [0.2, 0.25) is 0 Å². The first-order valence-corrected chi connectivity index (χ1v) is 7.61. The van der Waals surface area contributed by atoms with Crippen LogP contribution in [0.1, 0.15) is 6.92 Å². The minimum Gasteiger partial charge on any atom is -0.481 e. The average molecular weight is 316 g/mol. The van der Waals surface area contributed by atoms with Crippen molar-refractivity contribution >= 4 is 5.91 Å². The average Bonchev–Trinajstić information content (AvgIpc) is 3.10. The van der Waals surface area contributed by atoms with Gasteiger partial charge in [0, 0.05) is 26.2 Å². The monoisotopic (exact) mass is 316 g/mol. The molecule has 8 nitrogen and oxygen atoms in total. The van der Waals surface area contributed by atoms with Gasteiger partial charge in [-0.05, 0) is 48.7 Å². The van der Waals surface area contributed by atoms with Crippen LogP contribution in [0.4, 0.5) is 0 Å². The summed E-state index contributed by atoms with van der Waals surface area (Å²) in [5.41, 5.74) is 0.834. The van der Waals surface area contributed by atoms with Gasteiger partial charge in [-0.25, -0.2) is 4.68 Å². The van der Waals surface area contributed by atoms with Gasteiger partial charge < -0.3 is 14.5 Å². The molecule has 1 fully saturated rings. The molecule has 0 aliphatic carbocycles. The fourth-order valence-corrected chi connectivity index (χ4v) is 2.50. The number of piperazine rings is 1. The maximum absolute atomic E-state index is 12.4. The van der Waals surface area contributed by atoms with Gasteiger partial charge in [-0.3, -0.25) is 4.79 Å². The van der Waals surface area contributed by atoms with E-state index in [0.29, 0.717) is 5.75 Å². The van der Waals surface area contributed by atoms with Crippen molar-refractivity contribution in [2.24, 2.45) is 0 Å². The minimum atomic E-state index is -0.503. The first kappa shape index (κ1) is 15.4. The predicted molar refractivity (Wildman–Crippen MR) is 83.3 cm³/mol. The SMILES string of the molecule is C[C@@H](Oc1ccc(-n2cnnn2)cc1)C(=O)N1CCN(C)CC1. The fraction of sp³-hybridized carbons (Fsp3) is 0.467. The lowest BCUT2D eigenvalue weighted by molar-refractivity contribution is -0.139. The van der Waals surface area contributed by atoms with Crippen molar-refractivity contribution in [3.05, 3.63) is 30.6 Å². The minimum absolute atomic E-state index is 0.0302. The van der Waals surface area contributed by atoms with E-state index in [9.17, 15) is 4.79 Å². The Labute approximate surface area is 134 Å². The van der Waals surface area contributed by atoms with Gasteiger partial charge in [0.05, 0.1) is 5.69 Å². The van der Waals surface area contributed by atoms with Crippen molar-refractivity contribution in [1.29, 1.82) is 0 Å². The Morgan fingerprint density at radius 2 is 1.87 bits per heavy atom. The molecule has 0 unspecified atom stereocenters. The largest absolute Gasteiger partial charge is 0.481 e. The van der Waals surface area contributed by atoms with Crippen molar-refractivity contribution < 1.29 is 9.53 Å². The molecule has 2 aromatic rings. The molecule has 1 saturated heterocycles. The maximum atomic E-state index is 12.4. The summed E-state index contributed by atoms with van der Waals surface area (Å²) < 4.78 is 7.32. The number of likely N-dealkylation sites (N-methyl/N-ethyl adjacent to an activating group) is 1. The quantitative estimate of drug-likeness (QED) is 0.802. The number of nitrogens with zero attached hydrogens (tertiary/aromatic N) is 6. The van der Waals surface area contributed by atoms with Crippen LogP contribution >= 0.6 is 0 Å². The number of benzene rings is 1. The van der Waals surface area contributed by atoms with E-state index in [1.165, 1.54) is 6.33 Å². The Morgan fingerprint density at radius 3 is 2.48 bits per heavy atom. The summed E-state index contributed by atoms with van der Waals surface area (Å²) in [4.78, 5) is 16.5. The van der Waals surface area contributed by atoms with Crippen LogP contribution in [0.5, 0.6) is 5.75 Å². The van der Waals surface area contributed by atoms with Crippen LogP contribution in [0.25, 0.3) is 5.69 Å². The van der Waals surface area contributed by atoms with E-state index in [1.54, 1.807) is 11.6 Å². The van der Waals surface area contributed by atoms with E-state index in [-0.39, 0.29) is 5.91 Å². The van der Waals surface area contributed by atoms with Gasteiger partial charge in [-0.2, -0.15) is 0 Å². The lowest BCUT2D eigenvalue weighted by atomic mass is 10.2. The van der Waals surface area contributed by atoms with Gasteiger partial charge in [-0.1, -0.05) is 0 Å². The van der Waals surface area contributed by atoms with E-state index >= 15 is 0 Å². The molecule has 1 aromatic carbocycles. The third kappa shape index (κ3) is 3.65. The number of carbonyl (C=O) groups is 1. The van der Waals surface area contributed by atoms with E-state index in [1.807, 2.05) is 29.2 Å². The molecule has 1 atom stereocenters. The fourth-order valence-electron chi connectivity index (χ4n) is 2.50. The van der Waals surface area contributed by atoms with Gasteiger partial charge in [-0.15, -0.1) is 5.10 Å². The highest BCUT2D eigenvalue weighted by molar-refractivity contribution is 5.81. The summed E-state index contributed by atoms with van der Waals surface area (Å²) in [6.07, 6.45) is 1.02. The number of amides is 1. The molecule has 0 radical (unpaired) electrons. The van der Waals surface area contributed by atoms with Gasteiger partial charge in [0.25, 0.3) is 5.91 Å². The number of ether oxygens (including phenoxy) is 1. The van der Waals surface area contributed by atoms with Gasteiger partial charge >= 0.3 is 0 Å². The topological polar surface area (TPSA) is 76.4 Å². The van der Waals surface area contributed by atoms with E-state index < -0.39 is 6.10 Å². The summed E-state index contributed by atoms with van der Waals surface area (Å²) in [6.45, 7) is 5.09. The summed E-state index contributed by atoms with van der Waals surface area (Å²) >= 11 is 0. The highest BCUT2D eigenvalue weighted by atomic mass is 16.5.